The van der Waals surface area contributed by atoms with E-state index in [1.165, 1.54) is 38.5 Å². The maximum Gasteiger partial charge on any atom is 0.103 e. The van der Waals surface area contributed by atoms with Crippen molar-refractivity contribution in [2.75, 3.05) is 72.4 Å². The van der Waals surface area contributed by atoms with Crippen LogP contribution in [0.15, 0.2) is 0 Å². The maximum absolute atomic E-state index is 10.3. The fourth-order valence-electron chi connectivity index (χ4n) is 4.99. The maximum atomic E-state index is 10.3. The van der Waals surface area contributed by atoms with Crippen molar-refractivity contribution in [3.05, 3.63) is 0 Å². The zero-order valence-electron chi connectivity index (χ0n) is 26.6. The summed E-state index contributed by atoms with van der Waals surface area (Å²) in [6, 6.07) is 0. The highest BCUT2D eigenvalue weighted by Gasteiger charge is 2.27. The van der Waals surface area contributed by atoms with Crippen LogP contribution in [-0.2, 0) is 14.2 Å². The molecule has 3 unspecified atom stereocenters. The van der Waals surface area contributed by atoms with E-state index in [0.717, 1.165) is 57.8 Å². The quantitative estimate of drug-likeness (QED) is 0.0668. The highest BCUT2D eigenvalue weighted by Crippen LogP contribution is 2.11. The molecule has 0 rings (SSSR count). The number of quaternary nitrogens is 1. The molecule has 0 saturated heterocycles. The lowest BCUT2D eigenvalue weighted by Crippen LogP contribution is -2.55. The topological polar surface area (TPSA) is 109 Å². The third-order valence-corrected chi connectivity index (χ3v) is 7.81. The van der Waals surface area contributed by atoms with Crippen molar-refractivity contribution in [1.29, 1.82) is 0 Å². The lowest BCUT2D eigenvalue weighted by Gasteiger charge is -2.38. The third kappa shape index (κ3) is 24.3. The first-order chi connectivity index (χ1) is 19.4. The Morgan fingerprint density at radius 3 is 1.07 bits per heavy atom. The summed E-state index contributed by atoms with van der Waals surface area (Å²) in [4.78, 5) is 0. The van der Waals surface area contributed by atoms with Crippen LogP contribution in [0.1, 0.15) is 117 Å². The fraction of sp³-hybridized carbons (Fsp3) is 1.00. The van der Waals surface area contributed by atoms with Gasteiger partial charge in [-0.15, -0.1) is 0 Å². The molecule has 0 bridgehead atoms. The largest absolute Gasteiger partial charge is 0.391 e. The van der Waals surface area contributed by atoms with Crippen LogP contribution in [-0.4, -0.2) is 116 Å². The molecule has 0 aliphatic rings. The molecular weight excluding hydrogens is 510 g/mol. The van der Waals surface area contributed by atoms with Gasteiger partial charge in [-0.3, -0.25) is 0 Å². The number of unbranched alkanes of at least 4 members (excludes halogenated alkanes) is 9. The van der Waals surface area contributed by atoms with Gasteiger partial charge in [0.2, 0.25) is 0 Å². The zero-order valence-corrected chi connectivity index (χ0v) is 26.6. The van der Waals surface area contributed by atoms with Gasteiger partial charge in [-0.2, -0.15) is 0 Å². The molecule has 0 heterocycles. The van der Waals surface area contributed by atoms with Crippen molar-refractivity contribution >= 4 is 0 Å². The van der Waals surface area contributed by atoms with Crippen molar-refractivity contribution in [3.63, 3.8) is 0 Å². The Bertz CT molecular complexity index is 447. The van der Waals surface area contributed by atoms with Crippen molar-refractivity contribution in [2.45, 2.75) is 135 Å². The molecule has 8 heteroatoms. The van der Waals surface area contributed by atoms with Gasteiger partial charge >= 0.3 is 0 Å². The van der Waals surface area contributed by atoms with Crippen LogP contribution in [0, 0.1) is 0 Å². The van der Waals surface area contributed by atoms with E-state index in [1.807, 2.05) is 0 Å². The number of aliphatic hydroxyl groups is 4. The number of rotatable bonds is 32. The van der Waals surface area contributed by atoms with Crippen molar-refractivity contribution < 1.29 is 39.1 Å². The molecule has 0 aromatic rings. The normalized spacial score (nSPS) is 15.7. The SMILES string of the molecule is CCCCCCC(O)COCC[N+](CCO)(CCOCC(O)CCCCCC)CCOCC(O)CCCCCC. The molecule has 0 aliphatic carbocycles. The molecule has 0 saturated carbocycles. The first-order valence-corrected chi connectivity index (χ1v) is 16.7. The summed E-state index contributed by atoms with van der Waals surface area (Å²) in [7, 11) is 0. The first kappa shape index (κ1) is 39.7. The van der Waals surface area contributed by atoms with Crippen LogP contribution in [0.4, 0.5) is 0 Å². The molecule has 0 aromatic heterocycles. The minimum absolute atomic E-state index is 0.0418. The van der Waals surface area contributed by atoms with Gasteiger partial charge < -0.3 is 39.1 Å². The van der Waals surface area contributed by atoms with Crippen LogP contribution in [0.25, 0.3) is 0 Å². The van der Waals surface area contributed by atoms with Crippen LogP contribution in [0.3, 0.4) is 0 Å². The van der Waals surface area contributed by atoms with Gasteiger partial charge in [0.15, 0.2) is 0 Å². The smallest absolute Gasteiger partial charge is 0.103 e. The van der Waals surface area contributed by atoms with E-state index in [9.17, 15) is 20.4 Å². The summed E-state index contributed by atoms with van der Waals surface area (Å²) in [6.07, 6.45) is 14.6. The van der Waals surface area contributed by atoms with Gasteiger partial charge in [0.05, 0.1) is 64.6 Å². The molecule has 8 nitrogen and oxygen atoms in total. The Morgan fingerprint density at radius 1 is 0.475 bits per heavy atom. The Morgan fingerprint density at radius 2 is 0.800 bits per heavy atom. The lowest BCUT2D eigenvalue weighted by atomic mass is 10.1. The van der Waals surface area contributed by atoms with Gasteiger partial charge in [0, 0.05) is 0 Å². The molecule has 0 aliphatic heterocycles. The molecule has 40 heavy (non-hydrogen) atoms. The second-order valence-corrected chi connectivity index (χ2v) is 11.7. The van der Waals surface area contributed by atoms with Crippen LogP contribution >= 0.6 is 0 Å². The Kier molecular flexibility index (Phi) is 28.6. The van der Waals surface area contributed by atoms with Gasteiger partial charge in [-0.25, -0.2) is 0 Å². The highest BCUT2D eigenvalue weighted by atomic mass is 16.5. The molecular formula is C32H68NO7+. The lowest BCUT2D eigenvalue weighted by molar-refractivity contribution is -0.929. The summed E-state index contributed by atoms with van der Waals surface area (Å²) < 4.78 is 18.2. The minimum atomic E-state index is -0.444. The zero-order chi connectivity index (χ0) is 29.7. The summed E-state index contributed by atoms with van der Waals surface area (Å²) in [6.45, 7) is 11.6. The average molecular weight is 579 g/mol. The summed E-state index contributed by atoms with van der Waals surface area (Å²) in [5.74, 6) is 0. The Hall–Kier alpha value is -0.320. The average Bonchev–Trinajstić information content (AvgIpc) is 2.94. The van der Waals surface area contributed by atoms with E-state index in [2.05, 4.69) is 20.8 Å². The van der Waals surface area contributed by atoms with Crippen molar-refractivity contribution in [3.8, 4) is 0 Å². The van der Waals surface area contributed by atoms with E-state index in [-0.39, 0.29) is 6.61 Å². The van der Waals surface area contributed by atoms with Gasteiger partial charge in [-0.1, -0.05) is 97.8 Å². The number of hydrogen-bond acceptors (Lipinski definition) is 7. The third-order valence-electron chi connectivity index (χ3n) is 7.81. The van der Waals surface area contributed by atoms with E-state index in [4.69, 9.17) is 14.2 Å². The van der Waals surface area contributed by atoms with Crippen LogP contribution in [0.2, 0.25) is 0 Å². The van der Waals surface area contributed by atoms with Crippen LogP contribution in [0.5, 0.6) is 0 Å². The highest BCUT2D eigenvalue weighted by molar-refractivity contribution is 4.58. The van der Waals surface area contributed by atoms with Crippen molar-refractivity contribution in [2.24, 2.45) is 0 Å². The second-order valence-electron chi connectivity index (χ2n) is 11.7. The molecule has 0 spiro atoms. The predicted octanol–water partition coefficient (Wildman–Crippen LogP) is 4.84. The standard InChI is InChI=1S/C32H68NO7/c1-4-7-10-13-16-30(35)27-38-24-20-33(19-23-34,21-25-39-28-31(36)17-14-11-8-5-2)22-26-40-29-32(37)18-15-12-9-6-3/h30-32,34-37H,4-29H2,1-3H3/q+1. The molecule has 0 fully saturated rings. The number of ether oxygens (including phenoxy) is 3. The van der Waals surface area contributed by atoms with E-state index < -0.39 is 18.3 Å². The molecule has 4 N–H and O–H groups in total. The van der Waals surface area contributed by atoms with Crippen molar-refractivity contribution in [1.82, 2.24) is 0 Å². The molecule has 3 atom stereocenters. The monoisotopic (exact) mass is 578 g/mol. The van der Waals surface area contributed by atoms with Gasteiger partial charge in [0.1, 0.15) is 26.2 Å². The molecule has 0 aromatic carbocycles. The van der Waals surface area contributed by atoms with E-state index in [1.54, 1.807) is 0 Å². The Balaban J connectivity index is 4.71. The van der Waals surface area contributed by atoms with Gasteiger partial charge in [-0.05, 0) is 19.3 Å². The number of nitrogens with zero attached hydrogens (tertiary/aromatic N) is 1. The fourth-order valence-corrected chi connectivity index (χ4v) is 4.99. The predicted molar refractivity (Wildman–Crippen MR) is 164 cm³/mol. The minimum Gasteiger partial charge on any atom is -0.391 e. The summed E-state index contributed by atoms with van der Waals surface area (Å²) in [5.41, 5.74) is 0. The summed E-state index contributed by atoms with van der Waals surface area (Å²) in [5, 5.41) is 40.7. The van der Waals surface area contributed by atoms with Crippen LogP contribution < -0.4 is 0 Å². The number of aliphatic hydroxyl groups excluding tert-OH is 4. The first-order valence-electron chi connectivity index (χ1n) is 16.7. The Labute approximate surface area is 247 Å². The van der Waals surface area contributed by atoms with Gasteiger partial charge in [0.25, 0.3) is 0 Å². The number of hydrogen-bond donors (Lipinski definition) is 4. The van der Waals surface area contributed by atoms with E-state index in [0.29, 0.717) is 70.3 Å². The molecule has 0 radical (unpaired) electrons. The summed E-state index contributed by atoms with van der Waals surface area (Å²) >= 11 is 0. The molecule has 0 amide bonds. The second kappa shape index (κ2) is 28.8. The van der Waals surface area contributed by atoms with E-state index >= 15 is 0 Å². The molecule has 242 valence electrons.